The lowest BCUT2D eigenvalue weighted by Gasteiger charge is -2.07. The van der Waals surface area contributed by atoms with E-state index in [-0.39, 0.29) is 17.4 Å². The smallest absolute Gasteiger partial charge is 0.277 e. The Labute approximate surface area is 174 Å². The molecule has 29 heavy (non-hydrogen) atoms. The molecule has 0 spiro atoms. The minimum Gasteiger partial charge on any atom is -0.411 e. The zero-order valence-corrected chi connectivity index (χ0v) is 17.5. The Bertz CT molecular complexity index is 997. The average molecular weight is 410 g/mol. The number of carbonyl (C=O) groups excluding carboxylic acids is 2. The van der Waals surface area contributed by atoms with E-state index in [1.165, 1.54) is 11.8 Å². The molecule has 1 amide bonds. The third kappa shape index (κ3) is 5.77. The van der Waals surface area contributed by atoms with Crippen molar-refractivity contribution in [2.75, 3.05) is 11.1 Å². The molecule has 3 rings (SSSR count). The van der Waals surface area contributed by atoms with Crippen molar-refractivity contribution in [1.82, 2.24) is 10.2 Å². The summed E-state index contributed by atoms with van der Waals surface area (Å²) < 4.78 is 5.67. The maximum absolute atomic E-state index is 12.4. The van der Waals surface area contributed by atoms with Crippen LogP contribution in [0.5, 0.6) is 0 Å². The second-order valence-electron chi connectivity index (χ2n) is 7.12. The lowest BCUT2D eigenvalue weighted by molar-refractivity contribution is -0.116. The van der Waals surface area contributed by atoms with E-state index in [1.54, 1.807) is 24.3 Å². The van der Waals surface area contributed by atoms with Gasteiger partial charge in [-0.05, 0) is 48.7 Å². The molecule has 0 aliphatic rings. The molecule has 1 aromatic heterocycles. The number of carbonyl (C=O) groups is 2. The predicted molar refractivity (Wildman–Crippen MR) is 114 cm³/mol. The molecule has 0 fully saturated rings. The van der Waals surface area contributed by atoms with Gasteiger partial charge in [-0.1, -0.05) is 43.8 Å². The molecule has 6 nitrogen and oxygen atoms in total. The Balaban J connectivity index is 1.56. The van der Waals surface area contributed by atoms with E-state index in [0.29, 0.717) is 34.7 Å². The van der Waals surface area contributed by atoms with Gasteiger partial charge in [-0.15, -0.1) is 10.2 Å². The van der Waals surface area contributed by atoms with Crippen molar-refractivity contribution in [2.24, 2.45) is 5.92 Å². The summed E-state index contributed by atoms with van der Waals surface area (Å²) >= 11 is 1.21. The topological polar surface area (TPSA) is 85.1 Å². The molecule has 2 aromatic carbocycles. The summed E-state index contributed by atoms with van der Waals surface area (Å²) in [4.78, 5) is 24.3. The molecule has 0 bridgehead atoms. The molecule has 1 heterocycles. The normalized spacial score (nSPS) is 10.9. The summed E-state index contributed by atoms with van der Waals surface area (Å²) in [7, 11) is 0. The van der Waals surface area contributed by atoms with Gasteiger partial charge in [0.1, 0.15) is 0 Å². The highest BCUT2D eigenvalue weighted by Crippen LogP contribution is 2.26. The van der Waals surface area contributed by atoms with Crippen molar-refractivity contribution in [3.05, 3.63) is 59.7 Å². The van der Waals surface area contributed by atoms with Gasteiger partial charge < -0.3 is 9.73 Å². The first kappa shape index (κ1) is 20.8. The van der Waals surface area contributed by atoms with Crippen LogP contribution < -0.4 is 5.32 Å². The Kier molecular flexibility index (Phi) is 6.82. The van der Waals surface area contributed by atoms with Crippen LogP contribution in [0, 0.1) is 12.8 Å². The highest BCUT2D eigenvalue weighted by molar-refractivity contribution is 7.99. The molecule has 7 heteroatoms. The molecule has 0 saturated heterocycles. The fourth-order valence-corrected chi connectivity index (χ4v) is 3.38. The van der Waals surface area contributed by atoms with E-state index in [1.807, 2.05) is 45.0 Å². The fourth-order valence-electron chi connectivity index (χ4n) is 2.72. The van der Waals surface area contributed by atoms with E-state index in [2.05, 4.69) is 15.5 Å². The number of aryl methyl sites for hydroxylation is 1. The maximum Gasteiger partial charge on any atom is 0.277 e. The van der Waals surface area contributed by atoms with Crippen LogP contribution in [0.25, 0.3) is 11.5 Å². The maximum atomic E-state index is 12.4. The third-order valence-electron chi connectivity index (χ3n) is 4.19. The summed E-state index contributed by atoms with van der Waals surface area (Å²) in [5.41, 5.74) is 3.18. The Morgan fingerprint density at radius 3 is 2.48 bits per heavy atom. The molecule has 0 unspecified atom stereocenters. The molecule has 1 N–H and O–H groups in total. The van der Waals surface area contributed by atoms with Crippen LogP contribution in [-0.4, -0.2) is 27.6 Å². The molecule has 3 aromatic rings. The number of amides is 1. The standard InChI is InChI=1S/C22H23N3O3S/c1-14(2)12-20(27)23-17-10-8-16(9-11-17)19(26)13-29-22-25-24-21(28-22)18-7-5-4-6-15(18)3/h4-11,14H,12-13H2,1-3H3,(H,23,27). The number of hydrogen-bond acceptors (Lipinski definition) is 6. The number of rotatable bonds is 8. The lowest BCUT2D eigenvalue weighted by Crippen LogP contribution is -2.14. The number of ketones is 1. The zero-order valence-electron chi connectivity index (χ0n) is 16.6. The van der Waals surface area contributed by atoms with Crippen LogP contribution in [0.1, 0.15) is 36.2 Å². The van der Waals surface area contributed by atoms with Gasteiger partial charge in [0.15, 0.2) is 5.78 Å². The number of aromatic nitrogens is 2. The van der Waals surface area contributed by atoms with Crippen molar-refractivity contribution in [1.29, 1.82) is 0 Å². The monoisotopic (exact) mass is 409 g/mol. The van der Waals surface area contributed by atoms with Gasteiger partial charge in [0.2, 0.25) is 11.8 Å². The van der Waals surface area contributed by atoms with Crippen molar-refractivity contribution >= 4 is 29.1 Å². The van der Waals surface area contributed by atoms with E-state index in [4.69, 9.17) is 4.42 Å². The van der Waals surface area contributed by atoms with Crippen LogP contribution in [0.15, 0.2) is 58.2 Å². The Morgan fingerprint density at radius 2 is 1.79 bits per heavy atom. The Hall–Kier alpha value is -2.93. The molecule has 0 atom stereocenters. The van der Waals surface area contributed by atoms with Crippen LogP contribution in [0.2, 0.25) is 0 Å². The summed E-state index contributed by atoms with van der Waals surface area (Å²) in [6.07, 6.45) is 0.464. The van der Waals surface area contributed by atoms with Crippen molar-refractivity contribution in [2.45, 2.75) is 32.4 Å². The van der Waals surface area contributed by atoms with Gasteiger partial charge in [-0.2, -0.15) is 0 Å². The highest BCUT2D eigenvalue weighted by atomic mass is 32.2. The van der Waals surface area contributed by atoms with Gasteiger partial charge in [0.05, 0.1) is 5.75 Å². The summed E-state index contributed by atoms with van der Waals surface area (Å²) in [5, 5.41) is 11.3. The van der Waals surface area contributed by atoms with Crippen molar-refractivity contribution in [3.8, 4) is 11.5 Å². The van der Waals surface area contributed by atoms with E-state index in [0.717, 1.165) is 11.1 Å². The Morgan fingerprint density at radius 1 is 1.07 bits per heavy atom. The van der Waals surface area contributed by atoms with Crippen LogP contribution in [-0.2, 0) is 4.79 Å². The average Bonchev–Trinajstić information content (AvgIpc) is 3.15. The van der Waals surface area contributed by atoms with Gasteiger partial charge in [-0.25, -0.2) is 0 Å². The fraction of sp³-hybridized carbons (Fsp3) is 0.273. The second-order valence-corrected chi connectivity index (χ2v) is 8.05. The number of nitrogens with zero attached hydrogens (tertiary/aromatic N) is 2. The molecule has 150 valence electrons. The number of thioether (sulfide) groups is 1. The summed E-state index contributed by atoms with van der Waals surface area (Å²) in [6, 6.07) is 14.6. The molecular formula is C22H23N3O3S. The second kappa shape index (κ2) is 9.52. The van der Waals surface area contributed by atoms with Crippen LogP contribution in [0.4, 0.5) is 5.69 Å². The molecule has 0 aliphatic carbocycles. The molecule has 0 saturated carbocycles. The number of nitrogens with one attached hydrogen (secondary N) is 1. The summed E-state index contributed by atoms with van der Waals surface area (Å²) in [6.45, 7) is 5.96. The minimum absolute atomic E-state index is 0.0320. The third-order valence-corrected chi connectivity index (χ3v) is 5.01. The van der Waals surface area contributed by atoms with Gasteiger partial charge in [0, 0.05) is 23.2 Å². The van der Waals surface area contributed by atoms with Crippen molar-refractivity contribution < 1.29 is 14.0 Å². The number of Topliss-reactive ketones (excluding diaryl/α,β-unsaturated/α-hetero) is 1. The van der Waals surface area contributed by atoms with E-state index < -0.39 is 0 Å². The van der Waals surface area contributed by atoms with Gasteiger partial charge in [0.25, 0.3) is 5.22 Å². The molecular weight excluding hydrogens is 386 g/mol. The largest absolute Gasteiger partial charge is 0.411 e. The lowest BCUT2D eigenvalue weighted by atomic mass is 10.1. The van der Waals surface area contributed by atoms with Gasteiger partial charge >= 0.3 is 0 Å². The minimum atomic E-state index is -0.0503. The van der Waals surface area contributed by atoms with Crippen LogP contribution >= 0.6 is 11.8 Å². The quantitative estimate of drug-likeness (QED) is 0.416. The number of benzene rings is 2. The highest BCUT2D eigenvalue weighted by Gasteiger charge is 2.14. The zero-order chi connectivity index (χ0) is 20.8. The molecule has 0 radical (unpaired) electrons. The first-order valence-corrected chi connectivity index (χ1v) is 10.4. The number of anilines is 1. The predicted octanol–water partition coefficient (Wildman–Crippen LogP) is 5.00. The van der Waals surface area contributed by atoms with Crippen molar-refractivity contribution in [3.63, 3.8) is 0 Å². The van der Waals surface area contributed by atoms with E-state index >= 15 is 0 Å². The van der Waals surface area contributed by atoms with E-state index in [9.17, 15) is 9.59 Å². The van der Waals surface area contributed by atoms with Gasteiger partial charge in [-0.3, -0.25) is 9.59 Å². The van der Waals surface area contributed by atoms with Crippen LogP contribution in [0.3, 0.4) is 0 Å². The first-order chi connectivity index (χ1) is 13.9. The first-order valence-electron chi connectivity index (χ1n) is 9.38. The summed E-state index contributed by atoms with van der Waals surface area (Å²) in [5.74, 6) is 0.846. The molecule has 0 aliphatic heterocycles. The SMILES string of the molecule is Cc1ccccc1-c1nnc(SCC(=O)c2ccc(NC(=O)CC(C)C)cc2)o1. The number of hydrogen-bond donors (Lipinski definition) is 1.